The lowest BCUT2D eigenvalue weighted by Gasteiger charge is -2.19. The third kappa shape index (κ3) is 3.84. The normalized spacial score (nSPS) is 15.2. The Hall–Kier alpha value is -3.25. The van der Waals surface area contributed by atoms with Gasteiger partial charge >= 0.3 is 5.97 Å². The highest BCUT2D eigenvalue weighted by Crippen LogP contribution is 2.39. The first-order valence-corrected chi connectivity index (χ1v) is 9.32. The molecular formula is C22H20ClNO5. The topological polar surface area (TPSA) is 76.1 Å². The molecule has 0 aliphatic carbocycles. The number of para-hydroxylation sites is 1. The maximum atomic E-state index is 13.3. The van der Waals surface area contributed by atoms with E-state index < -0.39 is 11.9 Å². The van der Waals surface area contributed by atoms with Crippen molar-refractivity contribution in [1.82, 2.24) is 0 Å². The summed E-state index contributed by atoms with van der Waals surface area (Å²) in [4.78, 5) is 27.1. The lowest BCUT2D eigenvalue weighted by molar-refractivity contribution is -0.136. The Bertz CT molecular complexity index is 1040. The number of nitrogens with zero attached hydrogens (tertiary/aromatic N) is 1. The molecule has 1 amide bonds. The smallest absolute Gasteiger partial charge is 0.340 e. The van der Waals surface area contributed by atoms with Crippen molar-refractivity contribution in [3.05, 3.63) is 69.9 Å². The summed E-state index contributed by atoms with van der Waals surface area (Å²) >= 11 is 6.28. The fraction of sp³-hybridized carbons (Fsp3) is 0.182. The maximum Gasteiger partial charge on any atom is 0.340 e. The van der Waals surface area contributed by atoms with Crippen molar-refractivity contribution in [3.63, 3.8) is 0 Å². The van der Waals surface area contributed by atoms with Gasteiger partial charge in [0.15, 0.2) is 11.5 Å². The first kappa shape index (κ1) is 20.5. The van der Waals surface area contributed by atoms with Crippen molar-refractivity contribution in [2.24, 2.45) is 0 Å². The van der Waals surface area contributed by atoms with E-state index in [-0.39, 0.29) is 22.6 Å². The van der Waals surface area contributed by atoms with E-state index in [1.165, 1.54) is 18.1 Å². The monoisotopic (exact) mass is 413 g/mol. The SMILES string of the molecule is CCOc1cc(/C=C2\C(=O)N(c3ccccc3Cl)C(C)=C2C(=O)OC)ccc1O. The number of carbonyl (C=O) groups excluding carboxylic acids is 2. The Morgan fingerprint density at radius 3 is 2.62 bits per heavy atom. The number of rotatable bonds is 5. The van der Waals surface area contributed by atoms with Crippen molar-refractivity contribution in [1.29, 1.82) is 0 Å². The van der Waals surface area contributed by atoms with Crippen LogP contribution in [0.3, 0.4) is 0 Å². The second-order valence-electron chi connectivity index (χ2n) is 6.26. The molecule has 1 aliphatic rings. The van der Waals surface area contributed by atoms with E-state index >= 15 is 0 Å². The van der Waals surface area contributed by atoms with Crippen LogP contribution in [-0.4, -0.2) is 30.7 Å². The highest BCUT2D eigenvalue weighted by Gasteiger charge is 2.38. The molecule has 0 unspecified atom stereocenters. The summed E-state index contributed by atoms with van der Waals surface area (Å²) in [6.45, 7) is 3.84. The van der Waals surface area contributed by atoms with Gasteiger partial charge < -0.3 is 14.6 Å². The fourth-order valence-electron chi connectivity index (χ4n) is 3.16. The van der Waals surface area contributed by atoms with Gasteiger partial charge in [-0.2, -0.15) is 0 Å². The molecule has 29 heavy (non-hydrogen) atoms. The standard InChI is InChI=1S/C22H20ClNO5/c1-4-29-19-12-14(9-10-18(19)25)11-15-20(22(27)28-3)13(2)24(21(15)26)17-8-6-5-7-16(17)23/h5-12,25H,4H2,1-3H3/b15-11-. The van der Waals surface area contributed by atoms with Crippen molar-refractivity contribution in [3.8, 4) is 11.5 Å². The number of aromatic hydroxyl groups is 1. The number of esters is 1. The van der Waals surface area contributed by atoms with Gasteiger partial charge in [-0.1, -0.05) is 29.8 Å². The summed E-state index contributed by atoms with van der Waals surface area (Å²) in [6.07, 6.45) is 1.57. The molecule has 0 fully saturated rings. The van der Waals surface area contributed by atoms with E-state index in [0.717, 1.165) is 0 Å². The Morgan fingerprint density at radius 1 is 1.24 bits per heavy atom. The molecule has 0 spiro atoms. The fourth-order valence-corrected chi connectivity index (χ4v) is 3.38. The van der Waals surface area contributed by atoms with Crippen LogP contribution in [0.1, 0.15) is 19.4 Å². The van der Waals surface area contributed by atoms with Gasteiger partial charge in [0.05, 0.1) is 35.6 Å². The predicted octanol–water partition coefficient (Wildman–Crippen LogP) is 4.32. The molecule has 2 aromatic carbocycles. The van der Waals surface area contributed by atoms with Gasteiger partial charge in [0, 0.05) is 5.70 Å². The number of ether oxygens (including phenoxy) is 2. The van der Waals surface area contributed by atoms with Crippen molar-refractivity contribution in [2.45, 2.75) is 13.8 Å². The molecule has 0 saturated carbocycles. The van der Waals surface area contributed by atoms with Gasteiger partial charge in [-0.05, 0) is 49.8 Å². The molecule has 1 N–H and O–H groups in total. The van der Waals surface area contributed by atoms with Crippen LogP contribution in [0.4, 0.5) is 5.69 Å². The van der Waals surface area contributed by atoms with Crippen molar-refractivity contribution in [2.75, 3.05) is 18.6 Å². The van der Waals surface area contributed by atoms with E-state index in [4.69, 9.17) is 21.1 Å². The molecule has 0 aromatic heterocycles. The number of hydrogen-bond donors (Lipinski definition) is 1. The van der Waals surface area contributed by atoms with Crippen LogP contribution >= 0.6 is 11.6 Å². The zero-order valence-electron chi connectivity index (χ0n) is 16.2. The average Bonchev–Trinajstić information content (AvgIpc) is 2.94. The molecule has 0 bridgehead atoms. The van der Waals surface area contributed by atoms with Crippen LogP contribution in [0.2, 0.25) is 5.02 Å². The average molecular weight is 414 g/mol. The van der Waals surface area contributed by atoms with Gasteiger partial charge in [-0.15, -0.1) is 0 Å². The Labute approximate surface area is 173 Å². The zero-order chi connectivity index (χ0) is 21.1. The number of halogens is 1. The minimum Gasteiger partial charge on any atom is -0.504 e. The van der Waals surface area contributed by atoms with Crippen LogP contribution in [0.5, 0.6) is 11.5 Å². The minimum atomic E-state index is -0.625. The Morgan fingerprint density at radius 2 is 1.97 bits per heavy atom. The summed E-state index contributed by atoms with van der Waals surface area (Å²) in [5, 5.41) is 10.3. The third-order valence-electron chi connectivity index (χ3n) is 4.48. The number of amides is 1. The minimum absolute atomic E-state index is 0.00986. The number of methoxy groups -OCH3 is 1. The molecule has 1 aliphatic heterocycles. The summed E-state index contributed by atoms with van der Waals surface area (Å²) in [5.74, 6) is -0.748. The van der Waals surface area contributed by atoms with Crippen molar-refractivity contribution < 1.29 is 24.2 Å². The van der Waals surface area contributed by atoms with Gasteiger partial charge in [-0.3, -0.25) is 9.69 Å². The van der Waals surface area contributed by atoms with E-state index in [0.29, 0.717) is 28.6 Å². The Balaban J connectivity index is 2.14. The van der Waals surface area contributed by atoms with Crippen LogP contribution in [0.15, 0.2) is 59.3 Å². The number of carbonyl (C=O) groups is 2. The maximum absolute atomic E-state index is 13.3. The van der Waals surface area contributed by atoms with E-state index in [1.54, 1.807) is 56.3 Å². The van der Waals surface area contributed by atoms with E-state index in [1.807, 2.05) is 0 Å². The molecule has 3 rings (SSSR count). The number of phenols is 1. The summed E-state index contributed by atoms with van der Waals surface area (Å²) in [7, 11) is 1.26. The molecule has 7 heteroatoms. The largest absolute Gasteiger partial charge is 0.504 e. The number of phenolic OH excluding ortho intramolecular Hbond substituents is 1. The van der Waals surface area contributed by atoms with Crippen LogP contribution in [-0.2, 0) is 14.3 Å². The van der Waals surface area contributed by atoms with Gasteiger partial charge in [0.25, 0.3) is 5.91 Å². The van der Waals surface area contributed by atoms with Gasteiger partial charge in [0.2, 0.25) is 0 Å². The lowest BCUT2D eigenvalue weighted by Crippen LogP contribution is -2.24. The molecule has 1 heterocycles. The molecular weight excluding hydrogens is 394 g/mol. The number of benzene rings is 2. The first-order valence-electron chi connectivity index (χ1n) is 8.95. The number of hydrogen-bond acceptors (Lipinski definition) is 5. The molecule has 0 atom stereocenters. The lowest BCUT2D eigenvalue weighted by atomic mass is 10.0. The molecule has 0 saturated heterocycles. The molecule has 6 nitrogen and oxygen atoms in total. The second-order valence-corrected chi connectivity index (χ2v) is 6.67. The zero-order valence-corrected chi connectivity index (χ0v) is 17.0. The van der Waals surface area contributed by atoms with E-state index in [9.17, 15) is 14.7 Å². The van der Waals surface area contributed by atoms with Crippen LogP contribution in [0, 0.1) is 0 Å². The third-order valence-corrected chi connectivity index (χ3v) is 4.80. The summed E-state index contributed by atoms with van der Waals surface area (Å²) < 4.78 is 10.3. The quantitative estimate of drug-likeness (QED) is 0.583. The van der Waals surface area contributed by atoms with Gasteiger partial charge in [0.1, 0.15) is 0 Å². The first-order chi connectivity index (χ1) is 13.9. The van der Waals surface area contributed by atoms with Gasteiger partial charge in [-0.25, -0.2) is 4.79 Å². The summed E-state index contributed by atoms with van der Waals surface area (Å²) in [6, 6.07) is 11.6. The summed E-state index contributed by atoms with van der Waals surface area (Å²) in [5.41, 5.74) is 1.81. The molecule has 0 radical (unpaired) electrons. The second kappa shape index (κ2) is 8.41. The van der Waals surface area contributed by atoms with Crippen LogP contribution in [0.25, 0.3) is 6.08 Å². The number of allylic oxidation sites excluding steroid dienone is 1. The van der Waals surface area contributed by atoms with E-state index in [2.05, 4.69) is 0 Å². The highest BCUT2D eigenvalue weighted by atomic mass is 35.5. The predicted molar refractivity (Wildman–Crippen MR) is 111 cm³/mol. The highest BCUT2D eigenvalue weighted by molar-refractivity contribution is 6.35. The van der Waals surface area contributed by atoms with Crippen LogP contribution < -0.4 is 9.64 Å². The number of anilines is 1. The van der Waals surface area contributed by atoms with Crippen molar-refractivity contribution >= 4 is 35.2 Å². The molecule has 150 valence electrons. The molecule has 2 aromatic rings. The Kier molecular flexibility index (Phi) is 5.94.